The average Bonchev–Trinajstić information content (AvgIpc) is 3.27. The number of imide groups is 1. The van der Waals surface area contributed by atoms with Crippen molar-refractivity contribution in [2.24, 2.45) is 0 Å². The summed E-state index contributed by atoms with van der Waals surface area (Å²) >= 11 is 6.42. The van der Waals surface area contributed by atoms with Crippen molar-refractivity contribution in [3.05, 3.63) is 170 Å². The van der Waals surface area contributed by atoms with Gasteiger partial charge in [-0.1, -0.05) is 66.2 Å². The number of carbonyl (C=O) groups excluding carboxylic acids is 4. The third kappa shape index (κ3) is 6.73. The summed E-state index contributed by atoms with van der Waals surface area (Å²) in [6, 6.07) is 31.5. The molecule has 5 aromatic rings. The Morgan fingerprint density at radius 3 is 1.76 bits per heavy atom. The predicted octanol–water partition coefficient (Wildman–Crippen LogP) is 9.31. The molecule has 0 bridgehead atoms. The predicted molar refractivity (Wildman–Crippen MR) is 197 cm³/mol. The Morgan fingerprint density at radius 2 is 1.20 bits per heavy atom. The SMILES string of the molecule is Cc1ccccc1C(=O)OC1=CCCN(C(=O)c2ccc(N(C(=O)c3ccccc3C)C(=O)c3ccccc3C)cc2C)c2ccc(Cl)cc21. The van der Waals surface area contributed by atoms with E-state index in [0.717, 1.165) is 16.7 Å². The Balaban J connectivity index is 1.35. The summed E-state index contributed by atoms with van der Waals surface area (Å²) in [5.74, 6) is -1.41. The third-order valence-corrected chi connectivity index (χ3v) is 9.10. The summed E-state index contributed by atoms with van der Waals surface area (Å²) in [7, 11) is 0. The van der Waals surface area contributed by atoms with E-state index in [1.165, 1.54) is 4.90 Å². The van der Waals surface area contributed by atoms with Gasteiger partial charge in [-0.25, -0.2) is 9.69 Å². The van der Waals surface area contributed by atoms with E-state index in [1.807, 2.05) is 57.2 Å². The van der Waals surface area contributed by atoms with Crippen molar-refractivity contribution in [3.8, 4) is 0 Å². The number of benzene rings is 5. The monoisotopic (exact) mass is 682 g/mol. The first-order valence-electron chi connectivity index (χ1n) is 16.3. The van der Waals surface area contributed by atoms with Gasteiger partial charge in [-0.15, -0.1) is 0 Å². The second-order valence-corrected chi connectivity index (χ2v) is 12.7. The van der Waals surface area contributed by atoms with Crippen LogP contribution in [0.25, 0.3) is 5.76 Å². The van der Waals surface area contributed by atoms with E-state index >= 15 is 0 Å². The van der Waals surface area contributed by atoms with Crippen molar-refractivity contribution >= 4 is 52.4 Å². The van der Waals surface area contributed by atoms with Crippen LogP contribution in [-0.2, 0) is 4.74 Å². The lowest BCUT2D eigenvalue weighted by Crippen LogP contribution is -2.38. The normalized spacial score (nSPS) is 12.3. The number of carbonyl (C=O) groups is 4. The molecule has 0 aromatic heterocycles. The van der Waals surface area contributed by atoms with Crippen LogP contribution in [0.5, 0.6) is 0 Å². The molecule has 3 amide bonds. The Labute approximate surface area is 296 Å². The number of amides is 3. The Morgan fingerprint density at radius 1 is 0.640 bits per heavy atom. The highest BCUT2D eigenvalue weighted by atomic mass is 35.5. The quantitative estimate of drug-likeness (QED) is 0.132. The number of esters is 1. The molecule has 0 unspecified atom stereocenters. The van der Waals surface area contributed by atoms with Gasteiger partial charge in [0.2, 0.25) is 0 Å². The number of halogens is 1. The number of anilines is 2. The molecule has 8 heteroatoms. The molecule has 0 saturated heterocycles. The van der Waals surface area contributed by atoms with Gasteiger partial charge in [-0.2, -0.15) is 0 Å². The van der Waals surface area contributed by atoms with Crippen LogP contribution in [0, 0.1) is 27.7 Å². The molecule has 1 aliphatic heterocycles. The Kier molecular flexibility index (Phi) is 9.79. The Hall–Kier alpha value is -5.79. The van der Waals surface area contributed by atoms with Crippen molar-refractivity contribution in [3.63, 3.8) is 0 Å². The lowest BCUT2D eigenvalue weighted by Gasteiger charge is -2.26. The maximum atomic E-state index is 14.3. The lowest BCUT2D eigenvalue weighted by atomic mass is 10.0. The summed E-state index contributed by atoms with van der Waals surface area (Å²) in [5.41, 5.74) is 5.87. The minimum atomic E-state index is -0.503. The van der Waals surface area contributed by atoms with Crippen molar-refractivity contribution in [2.75, 3.05) is 16.3 Å². The molecule has 0 saturated carbocycles. The highest BCUT2D eigenvalue weighted by Crippen LogP contribution is 2.36. The van der Waals surface area contributed by atoms with E-state index < -0.39 is 17.8 Å². The van der Waals surface area contributed by atoms with Gasteiger partial charge < -0.3 is 9.64 Å². The minimum Gasteiger partial charge on any atom is -0.423 e. The van der Waals surface area contributed by atoms with Crippen LogP contribution in [0.4, 0.5) is 11.4 Å². The third-order valence-electron chi connectivity index (χ3n) is 8.87. The molecule has 0 N–H and O–H groups in total. The summed E-state index contributed by atoms with van der Waals surface area (Å²) in [6.45, 7) is 7.58. The molecule has 250 valence electrons. The fourth-order valence-corrected chi connectivity index (χ4v) is 6.30. The summed E-state index contributed by atoms with van der Waals surface area (Å²) in [6.07, 6.45) is 2.20. The van der Waals surface area contributed by atoms with Crippen molar-refractivity contribution < 1.29 is 23.9 Å². The molecule has 0 radical (unpaired) electrons. The van der Waals surface area contributed by atoms with E-state index in [-0.39, 0.29) is 5.91 Å². The number of aryl methyl sites for hydroxylation is 4. The molecule has 1 aliphatic rings. The summed E-state index contributed by atoms with van der Waals surface area (Å²) in [4.78, 5) is 58.4. The second-order valence-electron chi connectivity index (χ2n) is 12.3. The van der Waals surface area contributed by atoms with Crippen LogP contribution in [-0.4, -0.2) is 30.2 Å². The van der Waals surface area contributed by atoms with Crippen LogP contribution in [0.15, 0.2) is 115 Å². The molecule has 50 heavy (non-hydrogen) atoms. The smallest absolute Gasteiger partial charge is 0.343 e. The molecule has 7 nitrogen and oxygen atoms in total. The average molecular weight is 683 g/mol. The number of ether oxygens (including phenoxy) is 1. The lowest BCUT2D eigenvalue weighted by molar-refractivity contribution is 0.0690. The Bertz CT molecular complexity index is 2150. The van der Waals surface area contributed by atoms with Crippen LogP contribution >= 0.6 is 11.6 Å². The van der Waals surface area contributed by atoms with Gasteiger partial charge in [0, 0.05) is 33.8 Å². The molecular formula is C42H35ClN2O5. The van der Waals surface area contributed by atoms with E-state index in [4.69, 9.17) is 16.3 Å². The molecule has 5 aromatic carbocycles. The first-order valence-corrected chi connectivity index (χ1v) is 16.6. The highest BCUT2D eigenvalue weighted by Gasteiger charge is 2.30. The van der Waals surface area contributed by atoms with Crippen LogP contribution in [0.3, 0.4) is 0 Å². The largest absolute Gasteiger partial charge is 0.423 e. The van der Waals surface area contributed by atoms with E-state index in [2.05, 4.69) is 0 Å². The molecule has 0 aliphatic carbocycles. The molecule has 0 fully saturated rings. The van der Waals surface area contributed by atoms with E-state index in [9.17, 15) is 19.2 Å². The van der Waals surface area contributed by atoms with E-state index in [1.54, 1.807) is 90.7 Å². The van der Waals surface area contributed by atoms with Gasteiger partial charge in [0.1, 0.15) is 5.76 Å². The van der Waals surface area contributed by atoms with Gasteiger partial charge in [0.05, 0.1) is 16.9 Å². The van der Waals surface area contributed by atoms with Gasteiger partial charge in [-0.05, 0) is 117 Å². The molecule has 1 heterocycles. The number of rotatable bonds is 6. The fraction of sp³-hybridized carbons (Fsp3) is 0.143. The van der Waals surface area contributed by atoms with Crippen LogP contribution in [0.1, 0.15) is 75.7 Å². The summed E-state index contributed by atoms with van der Waals surface area (Å²) < 4.78 is 5.91. The van der Waals surface area contributed by atoms with Crippen molar-refractivity contribution in [1.29, 1.82) is 0 Å². The van der Waals surface area contributed by atoms with Crippen molar-refractivity contribution in [2.45, 2.75) is 34.1 Å². The van der Waals surface area contributed by atoms with Gasteiger partial charge >= 0.3 is 5.97 Å². The molecule has 0 spiro atoms. The molecule has 0 atom stereocenters. The topological polar surface area (TPSA) is 84.0 Å². The van der Waals surface area contributed by atoms with Crippen LogP contribution < -0.4 is 9.80 Å². The standard InChI is InChI=1S/C42H35ClN2O5/c1-26-12-5-8-15-32(26)40(47)45(41(48)33-16-9-6-13-27(33)2)31-20-21-34(29(4)24-31)39(46)44-23-11-18-38(36-25-30(43)19-22-37(36)44)50-42(49)35-17-10-7-14-28(35)3/h5-10,12-22,24-25H,11,23H2,1-4H3. The maximum Gasteiger partial charge on any atom is 0.343 e. The van der Waals surface area contributed by atoms with Gasteiger partial charge in [-0.3, -0.25) is 14.4 Å². The number of nitrogens with zero attached hydrogens (tertiary/aromatic N) is 2. The van der Waals surface area contributed by atoms with Gasteiger partial charge in [0.25, 0.3) is 17.7 Å². The molecular weight excluding hydrogens is 648 g/mol. The fourth-order valence-electron chi connectivity index (χ4n) is 6.13. The highest BCUT2D eigenvalue weighted by molar-refractivity contribution is 6.31. The summed E-state index contributed by atoms with van der Waals surface area (Å²) in [5, 5.41) is 0.424. The number of fused-ring (bicyclic) bond motifs is 1. The molecule has 6 rings (SSSR count). The first-order chi connectivity index (χ1) is 24.0. The van der Waals surface area contributed by atoms with Crippen molar-refractivity contribution in [1.82, 2.24) is 0 Å². The second kappa shape index (κ2) is 14.4. The number of hydrogen-bond donors (Lipinski definition) is 0. The van der Waals surface area contributed by atoms with E-state index in [0.29, 0.717) is 68.5 Å². The zero-order valence-electron chi connectivity index (χ0n) is 28.2. The van der Waals surface area contributed by atoms with Gasteiger partial charge in [0.15, 0.2) is 0 Å². The zero-order valence-corrected chi connectivity index (χ0v) is 29.0. The maximum absolute atomic E-state index is 14.3. The number of hydrogen-bond acceptors (Lipinski definition) is 5. The zero-order chi connectivity index (χ0) is 35.5. The minimum absolute atomic E-state index is 0.292. The van der Waals surface area contributed by atoms with Crippen LogP contribution in [0.2, 0.25) is 5.02 Å². The first kappa shape index (κ1) is 34.1.